The second-order valence-corrected chi connectivity index (χ2v) is 5.40. The third-order valence-electron chi connectivity index (χ3n) is 3.81. The maximum atomic E-state index is 12.3. The molecule has 1 heterocycles. The summed E-state index contributed by atoms with van der Waals surface area (Å²) < 4.78 is 0. The summed E-state index contributed by atoms with van der Waals surface area (Å²) in [5.41, 5.74) is -0.403. The van der Waals surface area contributed by atoms with Gasteiger partial charge in [-0.1, -0.05) is 32.6 Å². The maximum Gasteiger partial charge on any atom is 0.353 e. The van der Waals surface area contributed by atoms with Gasteiger partial charge in [0, 0.05) is 11.5 Å². The topological polar surface area (TPSA) is 95.1 Å². The zero-order valence-corrected chi connectivity index (χ0v) is 11.0. The Morgan fingerprint density at radius 2 is 1.95 bits per heavy atom. The Kier molecular flexibility index (Phi) is 3.87. The first-order valence-corrected chi connectivity index (χ1v) is 6.61. The first kappa shape index (κ1) is 13.6. The molecule has 104 valence electrons. The quantitative estimate of drug-likeness (QED) is 0.731. The third-order valence-corrected chi connectivity index (χ3v) is 3.81. The highest BCUT2D eigenvalue weighted by Crippen LogP contribution is 2.35. The van der Waals surface area contributed by atoms with Crippen LogP contribution in [0.25, 0.3) is 0 Å². The number of amides is 1. The van der Waals surface area contributed by atoms with E-state index in [0.717, 1.165) is 25.7 Å². The number of nitrogens with zero attached hydrogens (tertiary/aromatic N) is 1. The Morgan fingerprint density at radius 1 is 1.32 bits per heavy atom. The van der Waals surface area contributed by atoms with E-state index in [-0.39, 0.29) is 22.8 Å². The number of hydrogen-bond donors (Lipinski definition) is 3. The lowest BCUT2D eigenvalue weighted by Crippen LogP contribution is -2.33. The first-order chi connectivity index (χ1) is 9.01. The summed E-state index contributed by atoms with van der Waals surface area (Å²) in [5.74, 6) is -0.889. The number of aromatic nitrogens is 2. The van der Waals surface area contributed by atoms with Crippen LogP contribution in [0.5, 0.6) is 0 Å². The average Bonchev–Trinajstić information content (AvgIpc) is 2.71. The summed E-state index contributed by atoms with van der Waals surface area (Å²) >= 11 is 0. The van der Waals surface area contributed by atoms with Crippen LogP contribution in [-0.2, 0) is 4.79 Å². The van der Waals surface area contributed by atoms with Gasteiger partial charge in [0.15, 0.2) is 5.82 Å². The number of carbonyl (C=O) groups is 2. The fourth-order valence-corrected chi connectivity index (χ4v) is 2.50. The van der Waals surface area contributed by atoms with Gasteiger partial charge in [-0.25, -0.2) is 4.79 Å². The van der Waals surface area contributed by atoms with Gasteiger partial charge in [0.25, 0.3) is 0 Å². The second-order valence-electron chi connectivity index (χ2n) is 5.40. The number of nitrogens with one attached hydrogen (secondary N) is 2. The van der Waals surface area contributed by atoms with Gasteiger partial charge in [-0.3, -0.25) is 9.89 Å². The number of carboxylic acids is 1. The monoisotopic (exact) mass is 265 g/mol. The molecule has 0 bridgehead atoms. The van der Waals surface area contributed by atoms with Crippen molar-refractivity contribution in [1.82, 2.24) is 10.2 Å². The Morgan fingerprint density at radius 3 is 2.47 bits per heavy atom. The van der Waals surface area contributed by atoms with E-state index in [2.05, 4.69) is 15.5 Å². The molecular weight excluding hydrogens is 246 g/mol. The van der Waals surface area contributed by atoms with E-state index in [1.54, 1.807) is 0 Å². The molecule has 2 rings (SSSR count). The van der Waals surface area contributed by atoms with Crippen molar-refractivity contribution in [1.29, 1.82) is 0 Å². The summed E-state index contributed by atoms with van der Waals surface area (Å²) in [6, 6.07) is 1.33. The van der Waals surface area contributed by atoms with Crippen molar-refractivity contribution in [3.05, 3.63) is 11.8 Å². The highest BCUT2D eigenvalue weighted by Gasteiger charge is 2.33. The molecule has 0 spiro atoms. The lowest BCUT2D eigenvalue weighted by Gasteiger charge is -2.25. The number of aromatic amines is 1. The number of anilines is 1. The highest BCUT2D eigenvalue weighted by atomic mass is 16.4. The van der Waals surface area contributed by atoms with Crippen LogP contribution in [0.2, 0.25) is 0 Å². The normalized spacial score (nSPS) is 18.6. The molecule has 1 aromatic heterocycles. The summed E-state index contributed by atoms with van der Waals surface area (Å²) in [6.07, 6.45) is 6.21. The lowest BCUT2D eigenvalue weighted by molar-refractivity contribution is -0.125. The number of H-pyrrole nitrogens is 1. The summed E-state index contributed by atoms with van der Waals surface area (Å²) in [5, 5.41) is 17.7. The molecule has 1 fully saturated rings. The minimum atomic E-state index is -1.09. The highest BCUT2D eigenvalue weighted by molar-refractivity contribution is 5.95. The predicted octanol–water partition coefficient (Wildman–Crippen LogP) is 2.41. The van der Waals surface area contributed by atoms with Crippen LogP contribution in [-0.4, -0.2) is 27.2 Å². The second kappa shape index (κ2) is 5.42. The number of rotatable bonds is 3. The van der Waals surface area contributed by atoms with E-state index in [9.17, 15) is 9.59 Å². The fraction of sp³-hybridized carbons (Fsp3) is 0.615. The number of aromatic carboxylic acids is 1. The molecule has 1 amide bonds. The molecular formula is C13H19N3O3. The molecule has 0 aromatic carbocycles. The standard InChI is InChI=1S/C13H19N3O3/c1-13(6-4-2-3-5-7-13)12(19)14-10-8-9(11(17)18)15-16-10/h8H,2-7H2,1H3,(H,17,18)(H2,14,15,16,19). The SMILES string of the molecule is CC1(C(=O)Nc2cc(C(=O)O)[nH]n2)CCCCCC1. The molecule has 6 heteroatoms. The van der Waals surface area contributed by atoms with Gasteiger partial charge < -0.3 is 10.4 Å². The van der Waals surface area contributed by atoms with E-state index in [0.29, 0.717) is 0 Å². The molecule has 0 unspecified atom stereocenters. The number of hydrogen-bond acceptors (Lipinski definition) is 3. The fourth-order valence-electron chi connectivity index (χ4n) is 2.50. The van der Waals surface area contributed by atoms with Crippen molar-refractivity contribution in [2.75, 3.05) is 5.32 Å². The predicted molar refractivity (Wildman–Crippen MR) is 70.0 cm³/mol. The largest absolute Gasteiger partial charge is 0.477 e. The van der Waals surface area contributed by atoms with Crippen molar-refractivity contribution in [2.45, 2.75) is 45.4 Å². The van der Waals surface area contributed by atoms with Crippen molar-refractivity contribution < 1.29 is 14.7 Å². The van der Waals surface area contributed by atoms with Crippen molar-refractivity contribution >= 4 is 17.7 Å². The number of carbonyl (C=O) groups excluding carboxylic acids is 1. The van der Waals surface area contributed by atoms with E-state index >= 15 is 0 Å². The van der Waals surface area contributed by atoms with Crippen LogP contribution in [0.3, 0.4) is 0 Å². The van der Waals surface area contributed by atoms with Gasteiger partial charge in [-0.15, -0.1) is 0 Å². The molecule has 1 aromatic rings. The molecule has 6 nitrogen and oxygen atoms in total. The van der Waals surface area contributed by atoms with Crippen LogP contribution in [0.4, 0.5) is 5.82 Å². The maximum absolute atomic E-state index is 12.3. The minimum absolute atomic E-state index is 0.0266. The van der Waals surface area contributed by atoms with Crippen LogP contribution in [0, 0.1) is 5.41 Å². The summed E-state index contributed by atoms with van der Waals surface area (Å²) in [6.45, 7) is 1.97. The molecule has 0 radical (unpaired) electrons. The Balaban J connectivity index is 2.04. The van der Waals surface area contributed by atoms with E-state index in [1.807, 2.05) is 6.92 Å². The van der Waals surface area contributed by atoms with Gasteiger partial charge >= 0.3 is 5.97 Å². The third kappa shape index (κ3) is 3.13. The van der Waals surface area contributed by atoms with Gasteiger partial charge in [-0.2, -0.15) is 5.10 Å². The molecule has 0 atom stereocenters. The molecule has 3 N–H and O–H groups in total. The van der Waals surface area contributed by atoms with E-state index < -0.39 is 5.97 Å². The Bertz CT molecular complexity index is 473. The lowest BCUT2D eigenvalue weighted by atomic mass is 9.81. The van der Waals surface area contributed by atoms with Crippen LogP contribution in [0.1, 0.15) is 55.9 Å². The molecule has 1 aliphatic rings. The van der Waals surface area contributed by atoms with Crippen molar-refractivity contribution in [3.63, 3.8) is 0 Å². The van der Waals surface area contributed by atoms with E-state index in [1.165, 1.54) is 18.9 Å². The van der Waals surface area contributed by atoms with Gasteiger partial charge in [0.1, 0.15) is 5.69 Å². The molecule has 0 saturated heterocycles. The molecule has 1 saturated carbocycles. The zero-order valence-electron chi connectivity index (χ0n) is 11.0. The smallest absolute Gasteiger partial charge is 0.353 e. The summed E-state index contributed by atoms with van der Waals surface area (Å²) in [4.78, 5) is 23.0. The van der Waals surface area contributed by atoms with Crippen LogP contribution < -0.4 is 5.32 Å². The van der Waals surface area contributed by atoms with Gasteiger partial charge in [0.05, 0.1) is 0 Å². The van der Waals surface area contributed by atoms with Crippen molar-refractivity contribution in [2.24, 2.45) is 5.41 Å². The molecule has 19 heavy (non-hydrogen) atoms. The Hall–Kier alpha value is -1.85. The van der Waals surface area contributed by atoms with Gasteiger partial charge in [0.2, 0.25) is 5.91 Å². The molecule has 1 aliphatic carbocycles. The summed E-state index contributed by atoms with van der Waals surface area (Å²) in [7, 11) is 0. The molecule has 0 aliphatic heterocycles. The van der Waals surface area contributed by atoms with Gasteiger partial charge in [-0.05, 0) is 12.8 Å². The Labute approximate surface area is 111 Å². The van der Waals surface area contributed by atoms with Crippen LogP contribution in [0.15, 0.2) is 6.07 Å². The number of carboxylic acid groups (broad SMARTS) is 1. The average molecular weight is 265 g/mol. The van der Waals surface area contributed by atoms with E-state index in [4.69, 9.17) is 5.11 Å². The minimum Gasteiger partial charge on any atom is -0.477 e. The first-order valence-electron chi connectivity index (χ1n) is 6.61. The van der Waals surface area contributed by atoms with Crippen molar-refractivity contribution in [3.8, 4) is 0 Å². The van der Waals surface area contributed by atoms with Crippen LogP contribution >= 0.6 is 0 Å². The zero-order chi connectivity index (χ0) is 13.9.